The van der Waals surface area contributed by atoms with Crippen molar-refractivity contribution in [2.24, 2.45) is 0 Å². The number of rotatable bonds is 9. The zero-order valence-corrected chi connectivity index (χ0v) is 12.6. The zero-order valence-electron chi connectivity index (χ0n) is 12.6. The van der Waals surface area contributed by atoms with Gasteiger partial charge in [-0.2, -0.15) is 0 Å². The molecular weight excluding hydrogens is 236 g/mol. The fraction of sp³-hybridized carbons (Fsp3) is 0.625. The third-order valence-corrected chi connectivity index (χ3v) is 3.61. The Balaban J connectivity index is 2.37. The van der Waals surface area contributed by atoms with Gasteiger partial charge in [0.1, 0.15) is 5.75 Å². The van der Waals surface area contributed by atoms with Crippen LogP contribution in [0.15, 0.2) is 24.3 Å². The van der Waals surface area contributed by atoms with Crippen LogP contribution in [0.1, 0.15) is 32.8 Å². The zero-order chi connectivity index (χ0) is 14.1. The van der Waals surface area contributed by atoms with Crippen LogP contribution in [0.25, 0.3) is 0 Å². The Kier molecular flexibility index (Phi) is 7.53. The van der Waals surface area contributed by atoms with Gasteiger partial charge in [0.2, 0.25) is 0 Å². The SMILES string of the molecule is CCN(CC)CCCN(CC)Cc1cccc(O)c1. The quantitative estimate of drug-likeness (QED) is 0.743. The molecule has 1 aromatic carbocycles. The maximum Gasteiger partial charge on any atom is 0.115 e. The summed E-state index contributed by atoms with van der Waals surface area (Å²) < 4.78 is 0. The topological polar surface area (TPSA) is 26.7 Å². The second-order valence-corrected chi connectivity index (χ2v) is 4.92. The molecule has 108 valence electrons. The Labute approximate surface area is 117 Å². The monoisotopic (exact) mass is 264 g/mol. The highest BCUT2D eigenvalue weighted by atomic mass is 16.3. The van der Waals surface area contributed by atoms with Crippen LogP contribution in [0.4, 0.5) is 0 Å². The molecule has 1 aromatic rings. The molecule has 0 saturated heterocycles. The van der Waals surface area contributed by atoms with Crippen molar-refractivity contribution in [2.45, 2.75) is 33.7 Å². The van der Waals surface area contributed by atoms with Crippen LogP contribution in [0.5, 0.6) is 5.75 Å². The standard InChI is InChI=1S/C16H28N2O/c1-4-17(5-2)11-8-12-18(6-3)14-15-9-7-10-16(19)13-15/h7,9-10,13,19H,4-6,8,11-12,14H2,1-3H3. The average molecular weight is 264 g/mol. The molecule has 0 unspecified atom stereocenters. The first-order valence-corrected chi connectivity index (χ1v) is 7.42. The van der Waals surface area contributed by atoms with Crippen molar-refractivity contribution < 1.29 is 5.11 Å². The maximum absolute atomic E-state index is 9.49. The van der Waals surface area contributed by atoms with Crippen molar-refractivity contribution in [1.29, 1.82) is 0 Å². The summed E-state index contributed by atoms with van der Waals surface area (Å²) in [4.78, 5) is 4.89. The van der Waals surface area contributed by atoms with Crippen molar-refractivity contribution in [3.05, 3.63) is 29.8 Å². The Morgan fingerprint density at radius 2 is 1.58 bits per heavy atom. The first kappa shape index (κ1) is 16.0. The molecule has 0 atom stereocenters. The minimum Gasteiger partial charge on any atom is -0.508 e. The van der Waals surface area contributed by atoms with Gasteiger partial charge in [-0.05, 0) is 56.8 Å². The second kappa shape index (κ2) is 8.94. The molecule has 0 saturated carbocycles. The third kappa shape index (κ3) is 6.08. The van der Waals surface area contributed by atoms with E-state index in [1.165, 1.54) is 18.5 Å². The molecule has 3 nitrogen and oxygen atoms in total. The molecule has 0 aliphatic heterocycles. The lowest BCUT2D eigenvalue weighted by molar-refractivity contribution is 0.238. The summed E-state index contributed by atoms with van der Waals surface area (Å²) in [7, 11) is 0. The van der Waals surface area contributed by atoms with Crippen LogP contribution in [0.2, 0.25) is 0 Å². The summed E-state index contributed by atoms with van der Waals surface area (Å²) in [5.74, 6) is 0.358. The highest BCUT2D eigenvalue weighted by molar-refractivity contribution is 5.26. The number of hydrogen-bond donors (Lipinski definition) is 1. The van der Waals surface area contributed by atoms with E-state index in [1.54, 1.807) is 6.07 Å². The number of phenolic OH excluding ortho intramolecular Hbond substituents is 1. The fourth-order valence-electron chi connectivity index (χ4n) is 2.32. The molecule has 19 heavy (non-hydrogen) atoms. The first-order chi connectivity index (χ1) is 9.19. The molecule has 0 bridgehead atoms. The number of hydrogen-bond acceptors (Lipinski definition) is 3. The highest BCUT2D eigenvalue weighted by Gasteiger charge is 2.05. The van der Waals surface area contributed by atoms with Gasteiger partial charge < -0.3 is 10.0 Å². The van der Waals surface area contributed by atoms with E-state index < -0.39 is 0 Å². The van der Waals surface area contributed by atoms with E-state index in [-0.39, 0.29) is 0 Å². The number of benzene rings is 1. The average Bonchev–Trinajstić information content (AvgIpc) is 2.42. The lowest BCUT2D eigenvalue weighted by Gasteiger charge is -2.23. The van der Waals surface area contributed by atoms with Crippen molar-refractivity contribution in [1.82, 2.24) is 9.80 Å². The van der Waals surface area contributed by atoms with Crippen LogP contribution in [0.3, 0.4) is 0 Å². The van der Waals surface area contributed by atoms with Crippen molar-refractivity contribution in [2.75, 3.05) is 32.7 Å². The van der Waals surface area contributed by atoms with E-state index in [0.717, 1.165) is 32.7 Å². The molecule has 0 aliphatic carbocycles. The summed E-state index contributed by atoms with van der Waals surface area (Å²) >= 11 is 0. The molecule has 0 heterocycles. The molecule has 0 aliphatic rings. The van der Waals surface area contributed by atoms with E-state index >= 15 is 0 Å². The molecule has 0 radical (unpaired) electrons. The van der Waals surface area contributed by atoms with E-state index in [2.05, 4.69) is 36.6 Å². The Hall–Kier alpha value is -1.06. The predicted octanol–water partition coefficient (Wildman–Crippen LogP) is 2.95. The number of nitrogens with zero attached hydrogens (tertiary/aromatic N) is 2. The van der Waals surface area contributed by atoms with Crippen molar-refractivity contribution in [3.8, 4) is 5.75 Å². The largest absolute Gasteiger partial charge is 0.508 e. The smallest absolute Gasteiger partial charge is 0.115 e. The van der Waals surface area contributed by atoms with Crippen LogP contribution >= 0.6 is 0 Å². The lowest BCUT2D eigenvalue weighted by Crippen LogP contribution is -2.29. The summed E-state index contributed by atoms with van der Waals surface area (Å²) in [6, 6.07) is 7.56. The van der Waals surface area contributed by atoms with Gasteiger partial charge in [0.15, 0.2) is 0 Å². The first-order valence-electron chi connectivity index (χ1n) is 7.42. The minimum atomic E-state index is 0.358. The Morgan fingerprint density at radius 3 is 2.16 bits per heavy atom. The van der Waals surface area contributed by atoms with E-state index in [9.17, 15) is 5.11 Å². The van der Waals surface area contributed by atoms with Crippen LogP contribution in [-0.2, 0) is 6.54 Å². The molecule has 1 rings (SSSR count). The molecule has 3 heteroatoms. The molecule has 0 aromatic heterocycles. The molecule has 0 amide bonds. The Bertz CT molecular complexity index is 350. The highest BCUT2D eigenvalue weighted by Crippen LogP contribution is 2.13. The third-order valence-electron chi connectivity index (χ3n) is 3.61. The lowest BCUT2D eigenvalue weighted by atomic mass is 10.2. The summed E-state index contributed by atoms with van der Waals surface area (Å²) in [6.45, 7) is 13.1. The molecular formula is C16H28N2O. The van der Waals surface area contributed by atoms with Gasteiger partial charge in [-0.15, -0.1) is 0 Å². The molecule has 0 fully saturated rings. The number of phenols is 1. The predicted molar refractivity (Wildman–Crippen MR) is 81.5 cm³/mol. The van der Waals surface area contributed by atoms with E-state index in [0.29, 0.717) is 5.75 Å². The van der Waals surface area contributed by atoms with Gasteiger partial charge in [0.25, 0.3) is 0 Å². The van der Waals surface area contributed by atoms with Gasteiger partial charge in [-0.25, -0.2) is 0 Å². The van der Waals surface area contributed by atoms with Gasteiger partial charge in [0.05, 0.1) is 0 Å². The number of aromatic hydroxyl groups is 1. The van der Waals surface area contributed by atoms with Crippen molar-refractivity contribution in [3.63, 3.8) is 0 Å². The van der Waals surface area contributed by atoms with Gasteiger partial charge in [0, 0.05) is 6.54 Å². The summed E-state index contributed by atoms with van der Waals surface area (Å²) in [6.07, 6.45) is 1.20. The summed E-state index contributed by atoms with van der Waals surface area (Å²) in [5.41, 5.74) is 1.18. The second-order valence-electron chi connectivity index (χ2n) is 4.92. The normalized spacial score (nSPS) is 11.4. The molecule has 0 spiro atoms. The van der Waals surface area contributed by atoms with Crippen molar-refractivity contribution >= 4 is 0 Å². The maximum atomic E-state index is 9.49. The van der Waals surface area contributed by atoms with E-state index in [1.807, 2.05) is 12.1 Å². The summed E-state index contributed by atoms with van der Waals surface area (Å²) in [5, 5.41) is 9.49. The minimum absolute atomic E-state index is 0.358. The molecule has 1 N–H and O–H groups in total. The van der Waals surface area contributed by atoms with Gasteiger partial charge in [-0.1, -0.05) is 32.9 Å². The fourth-order valence-corrected chi connectivity index (χ4v) is 2.32. The van der Waals surface area contributed by atoms with Crippen LogP contribution in [0, 0.1) is 0 Å². The van der Waals surface area contributed by atoms with Gasteiger partial charge in [-0.3, -0.25) is 4.90 Å². The Morgan fingerprint density at radius 1 is 0.947 bits per heavy atom. The van der Waals surface area contributed by atoms with Gasteiger partial charge >= 0.3 is 0 Å². The van der Waals surface area contributed by atoms with Crippen LogP contribution < -0.4 is 0 Å². The van der Waals surface area contributed by atoms with Crippen LogP contribution in [-0.4, -0.2) is 47.6 Å². The van der Waals surface area contributed by atoms with E-state index in [4.69, 9.17) is 0 Å².